The van der Waals surface area contributed by atoms with Crippen molar-refractivity contribution in [2.24, 2.45) is 5.73 Å². The molecule has 0 radical (unpaired) electrons. The Morgan fingerprint density at radius 1 is 1.45 bits per heavy atom. The third kappa shape index (κ3) is 2.83. The molecular weight excluding hydrogens is 318 g/mol. The summed E-state index contributed by atoms with van der Waals surface area (Å²) in [4.78, 5) is 16.0. The molecule has 1 aromatic carbocycles. The number of nitrogens with zero attached hydrogens (tertiary/aromatic N) is 1. The van der Waals surface area contributed by atoms with Gasteiger partial charge in [-0.15, -0.1) is 0 Å². The normalized spacial score (nSPS) is 14.2. The van der Waals surface area contributed by atoms with Crippen molar-refractivity contribution in [3.63, 3.8) is 0 Å². The van der Waals surface area contributed by atoms with Gasteiger partial charge in [-0.1, -0.05) is 35.0 Å². The lowest BCUT2D eigenvalue weighted by Gasteiger charge is -2.26. The minimum absolute atomic E-state index is 0.339. The third-order valence-corrected chi connectivity index (χ3v) is 4.41. The molecule has 20 heavy (non-hydrogen) atoms. The first kappa shape index (κ1) is 14.9. The van der Waals surface area contributed by atoms with Crippen LogP contribution in [0.2, 0.25) is 0 Å². The summed E-state index contributed by atoms with van der Waals surface area (Å²) in [5, 5.41) is 4.30. The molecule has 4 nitrogen and oxygen atoms in total. The van der Waals surface area contributed by atoms with Crippen molar-refractivity contribution >= 4 is 32.7 Å². The molecule has 0 aliphatic carbocycles. The van der Waals surface area contributed by atoms with Crippen molar-refractivity contribution < 1.29 is 4.79 Å². The molecule has 0 saturated heterocycles. The highest BCUT2D eigenvalue weighted by Crippen LogP contribution is 2.25. The van der Waals surface area contributed by atoms with Crippen LogP contribution >= 0.6 is 15.9 Å². The fourth-order valence-electron chi connectivity index (χ4n) is 2.02. The second-order valence-corrected chi connectivity index (χ2v) is 5.86. The number of hydrogen-bond donors (Lipinski definition) is 2. The Morgan fingerprint density at radius 3 is 2.85 bits per heavy atom. The van der Waals surface area contributed by atoms with Crippen LogP contribution in [0.15, 0.2) is 34.9 Å². The van der Waals surface area contributed by atoms with Crippen LogP contribution in [-0.2, 0) is 11.3 Å². The summed E-state index contributed by atoms with van der Waals surface area (Å²) < 4.78 is 1.01. The van der Waals surface area contributed by atoms with Gasteiger partial charge in [0.15, 0.2) is 0 Å². The van der Waals surface area contributed by atoms with E-state index in [0.717, 1.165) is 20.9 Å². The van der Waals surface area contributed by atoms with Gasteiger partial charge in [0.2, 0.25) is 5.91 Å². The molecule has 1 amide bonds. The number of pyridine rings is 1. The van der Waals surface area contributed by atoms with E-state index in [1.165, 1.54) is 0 Å². The van der Waals surface area contributed by atoms with E-state index in [1.807, 2.05) is 38.1 Å². The molecule has 0 unspecified atom stereocenters. The molecule has 0 spiro atoms. The van der Waals surface area contributed by atoms with Crippen LogP contribution in [0.5, 0.6) is 0 Å². The number of carbonyl (C=O) groups excluding carboxylic acids is 1. The summed E-state index contributed by atoms with van der Waals surface area (Å²) in [5.41, 5.74) is 6.73. The second kappa shape index (κ2) is 5.89. The summed E-state index contributed by atoms with van der Waals surface area (Å²) >= 11 is 3.52. The van der Waals surface area contributed by atoms with Gasteiger partial charge < -0.3 is 5.73 Å². The van der Waals surface area contributed by atoms with Crippen LogP contribution in [0.1, 0.15) is 25.8 Å². The molecular formula is C15H18BrN3O. The fourth-order valence-corrected chi connectivity index (χ4v) is 2.47. The summed E-state index contributed by atoms with van der Waals surface area (Å²) in [6, 6.07) is 7.92. The van der Waals surface area contributed by atoms with Crippen molar-refractivity contribution in [3.8, 4) is 0 Å². The molecule has 5 heteroatoms. The van der Waals surface area contributed by atoms with Crippen LogP contribution < -0.4 is 11.1 Å². The van der Waals surface area contributed by atoms with Gasteiger partial charge in [-0.3, -0.25) is 15.1 Å². The molecule has 2 aromatic rings. The average molecular weight is 336 g/mol. The Morgan fingerprint density at radius 2 is 2.20 bits per heavy atom. The van der Waals surface area contributed by atoms with E-state index in [0.29, 0.717) is 13.0 Å². The zero-order valence-electron chi connectivity index (χ0n) is 11.6. The standard InChI is InChI=1S/C15H18BrN3O/c1-3-15(2,14(17)20)19-9-10-6-7-12(16)11-5-4-8-18-13(10)11/h4-8,19H,3,9H2,1-2H3,(H2,17,20)/t15-/m0/s1. The maximum atomic E-state index is 11.5. The lowest BCUT2D eigenvalue weighted by molar-refractivity contribution is -0.124. The van der Waals surface area contributed by atoms with Crippen LogP contribution in [0, 0.1) is 0 Å². The minimum Gasteiger partial charge on any atom is -0.368 e. The molecule has 0 fully saturated rings. The number of halogens is 1. The monoisotopic (exact) mass is 335 g/mol. The smallest absolute Gasteiger partial charge is 0.237 e. The number of fused-ring (bicyclic) bond motifs is 1. The van der Waals surface area contributed by atoms with E-state index in [2.05, 4.69) is 26.2 Å². The number of aromatic nitrogens is 1. The zero-order valence-corrected chi connectivity index (χ0v) is 13.2. The summed E-state index contributed by atoms with van der Waals surface area (Å²) in [6.07, 6.45) is 2.41. The van der Waals surface area contributed by atoms with Crippen molar-refractivity contribution in [2.75, 3.05) is 0 Å². The van der Waals surface area contributed by atoms with E-state index >= 15 is 0 Å². The van der Waals surface area contributed by atoms with Gasteiger partial charge in [0, 0.05) is 22.6 Å². The predicted molar refractivity (Wildman–Crippen MR) is 84.2 cm³/mol. The van der Waals surface area contributed by atoms with E-state index in [1.54, 1.807) is 6.20 Å². The summed E-state index contributed by atoms with van der Waals surface area (Å²) in [7, 11) is 0. The Balaban J connectivity index is 2.31. The lowest BCUT2D eigenvalue weighted by Crippen LogP contribution is -2.52. The van der Waals surface area contributed by atoms with Gasteiger partial charge in [-0.05, 0) is 31.0 Å². The van der Waals surface area contributed by atoms with Crippen LogP contribution in [0.25, 0.3) is 10.9 Å². The maximum Gasteiger partial charge on any atom is 0.237 e. The van der Waals surface area contributed by atoms with Gasteiger partial charge in [0.05, 0.1) is 11.1 Å². The molecule has 1 heterocycles. The van der Waals surface area contributed by atoms with Gasteiger partial charge in [0.1, 0.15) is 0 Å². The molecule has 3 N–H and O–H groups in total. The van der Waals surface area contributed by atoms with Gasteiger partial charge in [-0.25, -0.2) is 0 Å². The highest BCUT2D eigenvalue weighted by Gasteiger charge is 2.28. The quantitative estimate of drug-likeness (QED) is 0.882. The highest BCUT2D eigenvalue weighted by atomic mass is 79.9. The molecule has 0 aliphatic rings. The molecule has 0 saturated carbocycles. The highest BCUT2D eigenvalue weighted by molar-refractivity contribution is 9.10. The zero-order chi connectivity index (χ0) is 14.8. The maximum absolute atomic E-state index is 11.5. The first-order valence-electron chi connectivity index (χ1n) is 6.55. The molecule has 1 aromatic heterocycles. The lowest BCUT2D eigenvalue weighted by atomic mass is 9.97. The van der Waals surface area contributed by atoms with Gasteiger partial charge >= 0.3 is 0 Å². The van der Waals surface area contributed by atoms with Gasteiger partial charge in [-0.2, -0.15) is 0 Å². The number of amides is 1. The molecule has 2 rings (SSSR count). The summed E-state index contributed by atoms with van der Waals surface area (Å²) in [6.45, 7) is 4.31. The van der Waals surface area contributed by atoms with Gasteiger partial charge in [0.25, 0.3) is 0 Å². The number of carbonyl (C=O) groups is 1. The molecule has 0 aliphatic heterocycles. The largest absolute Gasteiger partial charge is 0.368 e. The van der Waals surface area contributed by atoms with Crippen LogP contribution in [0.4, 0.5) is 0 Å². The molecule has 1 atom stereocenters. The van der Waals surface area contributed by atoms with Crippen molar-refractivity contribution in [3.05, 3.63) is 40.5 Å². The van der Waals surface area contributed by atoms with E-state index in [-0.39, 0.29) is 5.91 Å². The molecule has 106 valence electrons. The number of hydrogen-bond acceptors (Lipinski definition) is 3. The number of rotatable bonds is 5. The third-order valence-electron chi connectivity index (χ3n) is 3.72. The van der Waals surface area contributed by atoms with Crippen LogP contribution in [-0.4, -0.2) is 16.4 Å². The first-order chi connectivity index (χ1) is 9.48. The predicted octanol–water partition coefficient (Wildman–Crippen LogP) is 2.74. The van der Waals surface area contributed by atoms with Crippen molar-refractivity contribution in [1.82, 2.24) is 10.3 Å². The molecule has 0 bridgehead atoms. The number of nitrogens with one attached hydrogen (secondary N) is 1. The Labute approximate surface area is 126 Å². The SMILES string of the molecule is CC[C@](C)(NCc1ccc(Br)c2cccnc12)C(N)=O. The number of primary amides is 1. The van der Waals surface area contributed by atoms with E-state index < -0.39 is 5.54 Å². The van der Waals surface area contributed by atoms with E-state index in [9.17, 15) is 4.79 Å². The Hall–Kier alpha value is -1.46. The minimum atomic E-state index is -0.700. The second-order valence-electron chi connectivity index (χ2n) is 5.01. The fraction of sp³-hybridized carbons (Fsp3) is 0.333. The Kier molecular flexibility index (Phi) is 4.40. The van der Waals surface area contributed by atoms with E-state index in [4.69, 9.17) is 5.73 Å². The van der Waals surface area contributed by atoms with Crippen molar-refractivity contribution in [1.29, 1.82) is 0 Å². The first-order valence-corrected chi connectivity index (χ1v) is 7.34. The number of benzene rings is 1. The summed E-state index contributed by atoms with van der Waals surface area (Å²) in [5.74, 6) is -0.339. The number of nitrogens with two attached hydrogens (primary N) is 1. The average Bonchev–Trinajstić information content (AvgIpc) is 2.46. The van der Waals surface area contributed by atoms with Crippen molar-refractivity contribution in [2.45, 2.75) is 32.4 Å². The van der Waals surface area contributed by atoms with Crippen LogP contribution in [0.3, 0.4) is 0 Å². The topological polar surface area (TPSA) is 68.0 Å². The Bertz CT molecular complexity index is 644.